The molecule has 6 heteroatoms. The summed E-state index contributed by atoms with van der Waals surface area (Å²) in [6.07, 6.45) is 0.705. The maximum absolute atomic E-state index is 11.7. The molecule has 0 saturated heterocycles. The molecule has 0 saturated carbocycles. The Kier molecular flexibility index (Phi) is 7.72. The van der Waals surface area contributed by atoms with Crippen LogP contribution in [0.25, 0.3) is 0 Å². The van der Waals surface area contributed by atoms with E-state index in [0.717, 1.165) is 0 Å². The molecule has 0 aromatic carbocycles. The number of nitriles is 1. The van der Waals surface area contributed by atoms with Crippen molar-refractivity contribution in [3.8, 4) is 6.07 Å². The molecule has 0 bridgehead atoms. The SMILES string of the molecule is CN(CCC(=O)N(C)CCC#N)CC(=O)N(C)C. The second kappa shape index (κ2) is 8.48. The summed E-state index contributed by atoms with van der Waals surface area (Å²) in [5.41, 5.74) is 0. The predicted molar refractivity (Wildman–Crippen MR) is 68.7 cm³/mol. The van der Waals surface area contributed by atoms with Crippen molar-refractivity contribution in [3.05, 3.63) is 0 Å². The topological polar surface area (TPSA) is 67.6 Å². The van der Waals surface area contributed by atoms with E-state index in [1.807, 2.05) is 18.0 Å². The lowest BCUT2D eigenvalue weighted by Crippen LogP contribution is -2.37. The van der Waals surface area contributed by atoms with Gasteiger partial charge in [0.2, 0.25) is 11.8 Å². The highest BCUT2D eigenvalue weighted by Crippen LogP contribution is 1.96. The van der Waals surface area contributed by atoms with Crippen LogP contribution in [0.1, 0.15) is 12.8 Å². The lowest BCUT2D eigenvalue weighted by atomic mass is 10.3. The number of carbonyl (C=O) groups is 2. The second-order valence-electron chi connectivity index (χ2n) is 4.50. The van der Waals surface area contributed by atoms with Crippen LogP contribution in [0.5, 0.6) is 0 Å². The Morgan fingerprint density at radius 2 is 1.67 bits per heavy atom. The van der Waals surface area contributed by atoms with Crippen molar-refractivity contribution < 1.29 is 9.59 Å². The molecule has 0 radical (unpaired) electrons. The van der Waals surface area contributed by atoms with E-state index < -0.39 is 0 Å². The number of carbonyl (C=O) groups excluding carboxylic acids is 2. The minimum Gasteiger partial charge on any atom is -0.348 e. The lowest BCUT2D eigenvalue weighted by Gasteiger charge is -2.20. The van der Waals surface area contributed by atoms with Gasteiger partial charge in [-0.1, -0.05) is 0 Å². The summed E-state index contributed by atoms with van der Waals surface area (Å²) in [5.74, 6) is 0.0113. The Balaban J connectivity index is 3.91. The summed E-state index contributed by atoms with van der Waals surface area (Å²) in [6, 6.07) is 2.00. The molecular formula is C12H22N4O2. The molecule has 2 amide bonds. The zero-order chi connectivity index (χ0) is 14.1. The van der Waals surface area contributed by atoms with Crippen molar-refractivity contribution in [2.75, 3.05) is 47.8 Å². The number of nitrogens with zero attached hydrogens (tertiary/aromatic N) is 4. The molecule has 102 valence electrons. The van der Waals surface area contributed by atoms with E-state index >= 15 is 0 Å². The molecular weight excluding hydrogens is 232 g/mol. The summed E-state index contributed by atoms with van der Waals surface area (Å²) in [5, 5.41) is 8.43. The monoisotopic (exact) mass is 254 g/mol. The van der Waals surface area contributed by atoms with E-state index in [0.29, 0.717) is 32.5 Å². The first-order valence-corrected chi connectivity index (χ1v) is 5.88. The van der Waals surface area contributed by atoms with Gasteiger partial charge in [-0.15, -0.1) is 0 Å². The highest BCUT2D eigenvalue weighted by Gasteiger charge is 2.12. The van der Waals surface area contributed by atoms with Crippen molar-refractivity contribution in [2.24, 2.45) is 0 Å². The minimum absolute atomic E-state index is 0.00518. The minimum atomic E-state index is -0.00518. The maximum atomic E-state index is 11.7. The van der Waals surface area contributed by atoms with E-state index in [1.54, 1.807) is 26.0 Å². The molecule has 6 nitrogen and oxygen atoms in total. The molecule has 0 heterocycles. The maximum Gasteiger partial charge on any atom is 0.236 e. The first-order valence-electron chi connectivity index (χ1n) is 5.88. The fourth-order valence-corrected chi connectivity index (χ4v) is 1.27. The molecule has 18 heavy (non-hydrogen) atoms. The fourth-order valence-electron chi connectivity index (χ4n) is 1.27. The van der Waals surface area contributed by atoms with Crippen molar-refractivity contribution in [1.29, 1.82) is 5.26 Å². The largest absolute Gasteiger partial charge is 0.348 e. The molecule has 0 aliphatic heterocycles. The molecule has 0 N–H and O–H groups in total. The Bertz CT molecular complexity index is 323. The van der Waals surface area contributed by atoms with E-state index in [1.165, 1.54) is 4.90 Å². The van der Waals surface area contributed by atoms with Gasteiger partial charge in [-0.3, -0.25) is 14.5 Å². The van der Waals surface area contributed by atoms with Crippen LogP contribution in [-0.2, 0) is 9.59 Å². The molecule has 0 aliphatic rings. The van der Waals surface area contributed by atoms with Gasteiger partial charge < -0.3 is 9.80 Å². The normalized spacial score (nSPS) is 10.0. The van der Waals surface area contributed by atoms with Gasteiger partial charge in [0.1, 0.15) is 0 Å². The van der Waals surface area contributed by atoms with Crippen molar-refractivity contribution in [3.63, 3.8) is 0 Å². The van der Waals surface area contributed by atoms with Gasteiger partial charge in [-0.25, -0.2) is 0 Å². The van der Waals surface area contributed by atoms with Gasteiger partial charge in [0.15, 0.2) is 0 Å². The Morgan fingerprint density at radius 1 is 1.06 bits per heavy atom. The molecule has 0 aliphatic carbocycles. The quantitative estimate of drug-likeness (QED) is 0.629. The molecule has 0 rings (SSSR count). The lowest BCUT2D eigenvalue weighted by molar-refractivity contribution is -0.132. The van der Waals surface area contributed by atoms with E-state index in [2.05, 4.69) is 0 Å². The third kappa shape index (κ3) is 6.86. The molecule has 0 atom stereocenters. The van der Waals surface area contributed by atoms with E-state index in [-0.39, 0.29) is 11.8 Å². The number of hydrogen-bond acceptors (Lipinski definition) is 4. The molecule has 0 fully saturated rings. The van der Waals surface area contributed by atoms with Crippen LogP contribution in [0.2, 0.25) is 0 Å². The Labute approximate surface area is 109 Å². The zero-order valence-electron chi connectivity index (χ0n) is 11.6. The van der Waals surface area contributed by atoms with Crippen LogP contribution < -0.4 is 0 Å². The van der Waals surface area contributed by atoms with Gasteiger partial charge in [-0.05, 0) is 7.05 Å². The number of likely N-dealkylation sites (N-methyl/N-ethyl adjacent to an activating group) is 2. The first-order chi connectivity index (χ1) is 8.38. The summed E-state index contributed by atoms with van der Waals surface area (Å²) >= 11 is 0. The summed E-state index contributed by atoms with van der Waals surface area (Å²) in [6.45, 7) is 1.30. The molecule has 0 aromatic heterocycles. The van der Waals surface area contributed by atoms with Gasteiger partial charge in [0.05, 0.1) is 19.0 Å². The Hall–Kier alpha value is -1.61. The molecule has 0 spiro atoms. The van der Waals surface area contributed by atoms with E-state index in [4.69, 9.17) is 5.26 Å². The first kappa shape index (κ1) is 16.4. The third-order valence-electron chi connectivity index (χ3n) is 2.60. The van der Waals surface area contributed by atoms with E-state index in [9.17, 15) is 9.59 Å². The van der Waals surface area contributed by atoms with Crippen LogP contribution in [0.15, 0.2) is 0 Å². The standard InChI is InChI=1S/C12H22N4O2/c1-14(2)12(18)10-15(3)9-6-11(17)16(4)8-5-7-13/h5-6,8-10H2,1-4H3. The number of rotatable bonds is 7. The molecule has 0 unspecified atom stereocenters. The fraction of sp³-hybridized carbons (Fsp3) is 0.750. The van der Waals surface area contributed by atoms with Crippen LogP contribution in [0.3, 0.4) is 0 Å². The van der Waals surface area contributed by atoms with Crippen molar-refractivity contribution in [2.45, 2.75) is 12.8 Å². The summed E-state index contributed by atoms with van der Waals surface area (Å²) < 4.78 is 0. The average molecular weight is 254 g/mol. The zero-order valence-corrected chi connectivity index (χ0v) is 11.6. The van der Waals surface area contributed by atoms with Crippen LogP contribution in [0.4, 0.5) is 0 Å². The third-order valence-corrected chi connectivity index (χ3v) is 2.60. The highest BCUT2D eigenvalue weighted by molar-refractivity contribution is 5.78. The van der Waals surface area contributed by atoms with Crippen molar-refractivity contribution >= 4 is 11.8 Å². The smallest absolute Gasteiger partial charge is 0.236 e. The van der Waals surface area contributed by atoms with Crippen molar-refractivity contribution in [1.82, 2.24) is 14.7 Å². The second-order valence-corrected chi connectivity index (χ2v) is 4.50. The van der Waals surface area contributed by atoms with Gasteiger partial charge in [0, 0.05) is 40.7 Å². The highest BCUT2D eigenvalue weighted by atomic mass is 16.2. The van der Waals surface area contributed by atoms with Crippen LogP contribution in [0, 0.1) is 11.3 Å². The summed E-state index contributed by atoms with van der Waals surface area (Å²) in [7, 11) is 6.91. The number of hydrogen-bond donors (Lipinski definition) is 0. The van der Waals surface area contributed by atoms with Crippen LogP contribution >= 0.6 is 0 Å². The van der Waals surface area contributed by atoms with Gasteiger partial charge >= 0.3 is 0 Å². The Morgan fingerprint density at radius 3 is 2.17 bits per heavy atom. The van der Waals surface area contributed by atoms with Gasteiger partial charge in [0.25, 0.3) is 0 Å². The molecule has 0 aromatic rings. The predicted octanol–water partition coefficient (Wildman–Crippen LogP) is -0.231. The number of amides is 2. The van der Waals surface area contributed by atoms with Gasteiger partial charge in [-0.2, -0.15) is 5.26 Å². The van der Waals surface area contributed by atoms with Crippen LogP contribution in [-0.4, -0.2) is 74.3 Å². The average Bonchev–Trinajstić information content (AvgIpc) is 2.32. The summed E-state index contributed by atoms with van der Waals surface area (Å²) in [4.78, 5) is 28.0.